The maximum absolute atomic E-state index is 13.0. The van der Waals surface area contributed by atoms with Gasteiger partial charge in [0.1, 0.15) is 5.82 Å². The molecule has 0 bridgehead atoms. The molecule has 2 aliphatic heterocycles. The molecule has 0 atom stereocenters. The average molecular weight is 400 g/mol. The van der Waals surface area contributed by atoms with Gasteiger partial charge in [-0.25, -0.2) is 9.97 Å². The van der Waals surface area contributed by atoms with E-state index in [9.17, 15) is 4.79 Å². The largest absolute Gasteiger partial charge is 0.378 e. The van der Waals surface area contributed by atoms with Crippen molar-refractivity contribution in [3.8, 4) is 11.4 Å². The fraction of sp³-hybridized carbons (Fsp3) is 0.292. The van der Waals surface area contributed by atoms with Gasteiger partial charge in [-0.1, -0.05) is 48.5 Å². The SMILES string of the molecule is O=C(c1ccccc1)N1CCc2c(nc(-c3ccccc3)nc2N2CCOCC2)C1. The molecule has 6 nitrogen and oxygen atoms in total. The van der Waals surface area contributed by atoms with Crippen molar-refractivity contribution in [2.24, 2.45) is 0 Å². The number of fused-ring (bicyclic) bond motifs is 1. The molecule has 152 valence electrons. The van der Waals surface area contributed by atoms with Crippen LogP contribution in [0.1, 0.15) is 21.6 Å². The maximum Gasteiger partial charge on any atom is 0.254 e. The number of nitrogens with zero attached hydrogens (tertiary/aromatic N) is 4. The number of aromatic nitrogens is 2. The number of carbonyl (C=O) groups is 1. The van der Waals surface area contributed by atoms with Crippen LogP contribution in [0.25, 0.3) is 11.4 Å². The fourth-order valence-corrected chi connectivity index (χ4v) is 4.10. The van der Waals surface area contributed by atoms with Crippen molar-refractivity contribution in [1.29, 1.82) is 0 Å². The predicted octanol–water partition coefficient (Wildman–Crippen LogP) is 3.18. The van der Waals surface area contributed by atoms with Crippen LogP contribution in [0.2, 0.25) is 0 Å². The number of rotatable bonds is 3. The van der Waals surface area contributed by atoms with Gasteiger partial charge in [-0.05, 0) is 18.6 Å². The van der Waals surface area contributed by atoms with Crippen molar-refractivity contribution in [1.82, 2.24) is 14.9 Å². The number of hydrogen-bond acceptors (Lipinski definition) is 5. The summed E-state index contributed by atoms with van der Waals surface area (Å²) in [5, 5.41) is 0. The molecule has 2 aliphatic rings. The van der Waals surface area contributed by atoms with Crippen molar-refractivity contribution in [2.75, 3.05) is 37.7 Å². The third-order valence-electron chi connectivity index (χ3n) is 5.69. The van der Waals surface area contributed by atoms with Gasteiger partial charge in [0.25, 0.3) is 5.91 Å². The summed E-state index contributed by atoms with van der Waals surface area (Å²) < 4.78 is 5.54. The average Bonchev–Trinajstić information content (AvgIpc) is 2.84. The zero-order valence-electron chi connectivity index (χ0n) is 16.8. The van der Waals surface area contributed by atoms with Crippen LogP contribution in [0.15, 0.2) is 60.7 Å². The summed E-state index contributed by atoms with van der Waals surface area (Å²) in [6, 6.07) is 19.5. The lowest BCUT2D eigenvalue weighted by atomic mass is 10.0. The Kier molecular flexibility index (Phi) is 5.15. The van der Waals surface area contributed by atoms with E-state index < -0.39 is 0 Å². The van der Waals surface area contributed by atoms with Crippen molar-refractivity contribution in [3.63, 3.8) is 0 Å². The number of carbonyl (C=O) groups excluding carboxylic acids is 1. The molecule has 0 aliphatic carbocycles. The highest BCUT2D eigenvalue weighted by molar-refractivity contribution is 5.94. The van der Waals surface area contributed by atoms with E-state index in [2.05, 4.69) is 4.90 Å². The first-order chi connectivity index (χ1) is 14.8. The highest BCUT2D eigenvalue weighted by Gasteiger charge is 2.28. The summed E-state index contributed by atoms with van der Waals surface area (Å²) in [4.78, 5) is 27.1. The van der Waals surface area contributed by atoms with Crippen LogP contribution < -0.4 is 4.90 Å². The quantitative estimate of drug-likeness (QED) is 0.676. The van der Waals surface area contributed by atoms with Crippen LogP contribution >= 0.6 is 0 Å². The topological polar surface area (TPSA) is 58.6 Å². The van der Waals surface area contributed by atoms with Gasteiger partial charge in [-0.2, -0.15) is 0 Å². The lowest BCUT2D eigenvalue weighted by molar-refractivity contribution is 0.0731. The van der Waals surface area contributed by atoms with Crippen LogP contribution in [0, 0.1) is 0 Å². The molecule has 1 aromatic heterocycles. The first kappa shape index (κ1) is 18.8. The third kappa shape index (κ3) is 3.66. The van der Waals surface area contributed by atoms with Gasteiger partial charge < -0.3 is 14.5 Å². The minimum atomic E-state index is 0.0500. The minimum Gasteiger partial charge on any atom is -0.378 e. The second-order valence-corrected chi connectivity index (χ2v) is 7.60. The van der Waals surface area contributed by atoms with E-state index in [1.807, 2.05) is 65.6 Å². The number of anilines is 1. The van der Waals surface area contributed by atoms with Gasteiger partial charge in [0.15, 0.2) is 5.82 Å². The molecule has 0 N–H and O–H groups in total. The predicted molar refractivity (Wildman–Crippen MR) is 115 cm³/mol. The zero-order chi connectivity index (χ0) is 20.3. The molecule has 1 saturated heterocycles. The van der Waals surface area contributed by atoms with Gasteiger partial charge >= 0.3 is 0 Å². The van der Waals surface area contributed by atoms with Gasteiger partial charge in [0.05, 0.1) is 25.5 Å². The number of benzene rings is 2. The van der Waals surface area contributed by atoms with Crippen LogP contribution in [0.3, 0.4) is 0 Å². The monoisotopic (exact) mass is 400 g/mol. The molecule has 6 heteroatoms. The Hall–Kier alpha value is -3.25. The summed E-state index contributed by atoms with van der Waals surface area (Å²) in [7, 11) is 0. The first-order valence-electron chi connectivity index (χ1n) is 10.4. The number of morpholine rings is 1. The Labute approximate surface area is 176 Å². The number of ether oxygens (including phenoxy) is 1. The summed E-state index contributed by atoms with van der Waals surface area (Å²) in [6.07, 6.45) is 0.760. The Morgan fingerprint density at radius 3 is 2.30 bits per heavy atom. The maximum atomic E-state index is 13.0. The zero-order valence-corrected chi connectivity index (χ0v) is 16.8. The van der Waals surface area contributed by atoms with Gasteiger partial charge in [0, 0.05) is 36.3 Å². The van der Waals surface area contributed by atoms with Crippen molar-refractivity contribution < 1.29 is 9.53 Å². The standard InChI is InChI=1S/C24H24N4O2/c29-24(19-9-5-2-6-10-19)28-12-11-20-21(17-28)25-22(18-7-3-1-4-8-18)26-23(20)27-13-15-30-16-14-27/h1-10H,11-17H2. The Balaban J connectivity index is 1.52. The van der Waals surface area contributed by atoms with Crippen molar-refractivity contribution in [3.05, 3.63) is 77.5 Å². The molecule has 1 fully saturated rings. The lowest BCUT2D eigenvalue weighted by Crippen LogP contribution is -2.40. The number of hydrogen-bond donors (Lipinski definition) is 0. The van der Waals surface area contributed by atoms with Gasteiger partial charge in [-0.3, -0.25) is 4.79 Å². The molecule has 0 radical (unpaired) electrons. The van der Waals surface area contributed by atoms with Crippen LogP contribution in [-0.2, 0) is 17.7 Å². The van der Waals surface area contributed by atoms with Gasteiger partial charge in [-0.15, -0.1) is 0 Å². The summed E-state index contributed by atoms with van der Waals surface area (Å²) in [5.41, 5.74) is 3.81. The molecule has 3 heterocycles. The van der Waals surface area contributed by atoms with E-state index in [1.54, 1.807) is 0 Å². The summed E-state index contributed by atoms with van der Waals surface area (Å²) >= 11 is 0. The molecule has 5 rings (SSSR count). The highest BCUT2D eigenvalue weighted by Crippen LogP contribution is 2.30. The molecule has 1 amide bonds. The molecule has 0 unspecified atom stereocenters. The molecule has 30 heavy (non-hydrogen) atoms. The Morgan fingerprint density at radius 2 is 1.57 bits per heavy atom. The van der Waals surface area contributed by atoms with E-state index in [0.717, 1.165) is 42.1 Å². The van der Waals surface area contributed by atoms with Crippen molar-refractivity contribution in [2.45, 2.75) is 13.0 Å². The van der Waals surface area contributed by atoms with E-state index in [4.69, 9.17) is 14.7 Å². The van der Waals surface area contributed by atoms with Gasteiger partial charge in [0.2, 0.25) is 0 Å². The van der Waals surface area contributed by atoms with E-state index >= 15 is 0 Å². The molecular weight excluding hydrogens is 376 g/mol. The molecule has 2 aromatic carbocycles. The number of amides is 1. The first-order valence-corrected chi connectivity index (χ1v) is 10.4. The third-order valence-corrected chi connectivity index (χ3v) is 5.69. The Morgan fingerprint density at radius 1 is 0.867 bits per heavy atom. The molecule has 0 saturated carbocycles. The van der Waals surface area contributed by atoms with E-state index in [-0.39, 0.29) is 5.91 Å². The normalized spacial score (nSPS) is 16.3. The summed E-state index contributed by atoms with van der Waals surface area (Å²) in [5.74, 6) is 1.76. The fourth-order valence-electron chi connectivity index (χ4n) is 4.10. The minimum absolute atomic E-state index is 0.0500. The summed E-state index contributed by atoms with van der Waals surface area (Å²) in [6.45, 7) is 4.24. The lowest BCUT2D eigenvalue weighted by Gasteiger charge is -2.34. The highest BCUT2D eigenvalue weighted by atomic mass is 16.5. The smallest absolute Gasteiger partial charge is 0.254 e. The molecule has 0 spiro atoms. The second kappa shape index (κ2) is 8.24. The van der Waals surface area contributed by atoms with Crippen LogP contribution in [-0.4, -0.2) is 53.6 Å². The van der Waals surface area contributed by atoms with Crippen LogP contribution in [0.5, 0.6) is 0 Å². The molecular formula is C24H24N4O2. The van der Waals surface area contributed by atoms with Crippen molar-refractivity contribution >= 4 is 11.7 Å². The van der Waals surface area contributed by atoms with Crippen LogP contribution in [0.4, 0.5) is 5.82 Å². The van der Waals surface area contributed by atoms with E-state index in [0.29, 0.717) is 37.7 Å². The molecule has 3 aromatic rings. The Bertz CT molecular complexity index is 1030. The second-order valence-electron chi connectivity index (χ2n) is 7.60. The van der Waals surface area contributed by atoms with E-state index in [1.165, 1.54) is 0 Å².